The molecule has 4 rings (SSSR count). The standard InChI is InChI=1S/C18H19N5O2S3/c1-3-4-7-23-17(25)21-22-18(23)28-10(2)14-19-15(24)13-11(9-27-16(13)20-14)12-6-5-8-26-12/h5-6,8-10H,3-4,7H2,1-2H3,(H,21,25)(H,19,20,24). The number of hydrogen-bond acceptors (Lipinski definition) is 7. The molecule has 28 heavy (non-hydrogen) atoms. The Morgan fingerprint density at radius 3 is 2.93 bits per heavy atom. The Hall–Kier alpha value is -2.17. The molecule has 2 N–H and O–H groups in total. The molecule has 0 spiro atoms. The molecule has 0 fully saturated rings. The zero-order valence-electron chi connectivity index (χ0n) is 15.4. The minimum Gasteiger partial charge on any atom is -0.309 e. The Morgan fingerprint density at radius 2 is 2.18 bits per heavy atom. The van der Waals surface area contributed by atoms with E-state index in [2.05, 4.69) is 27.1 Å². The van der Waals surface area contributed by atoms with E-state index in [4.69, 9.17) is 0 Å². The van der Waals surface area contributed by atoms with Crippen molar-refractivity contribution in [2.45, 2.75) is 43.6 Å². The second-order valence-electron chi connectivity index (χ2n) is 6.33. The fourth-order valence-corrected chi connectivity index (χ4v) is 5.60. The number of aromatic amines is 2. The van der Waals surface area contributed by atoms with Crippen molar-refractivity contribution in [1.29, 1.82) is 0 Å². The Labute approximate surface area is 172 Å². The van der Waals surface area contributed by atoms with Gasteiger partial charge in [0, 0.05) is 22.4 Å². The maximum Gasteiger partial charge on any atom is 0.343 e. The smallest absolute Gasteiger partial charge is 0.309 e. The molecule has 0 aliphatic heterocycles. The van der Waals surface area contributed by atoms with Gasteiger partial charge in [0.25, 0.3) is 5.56 Å². The van der Waals surface area contributed by atoms with Gasteiger partial charge in [-0.3, -0.25) is 9.36 Å². The maximum atomic E-state index is 12.8. The van der Waals surface area contributed by atoms with E-state index in [1.54, 1.807) is 15.9 Å². The summed E-state index contributed by atoms with van der Waals surface area (Å²) < 4.78 is 1.64. The van der Waals surface area contributed by atoms with Crippen LogP contribution in [0.4, 0.5) is 0 Å². The Kier molecular flexibility index (Phi) is 5.51. The van der Waals surface area contributed by atoms with Crippen molar-refractivity contribution in [1.82, 2.24) is 24.7 Å². The normalized spacial score (nSPS) is 12.6. The summed E-state index contributed by atoms with van der Waals surface area (Å²) in [7, 11) is 0. The van der Waals surface area contributed by atoms with E-state index < -0.39 is 0 Å². The number of thioether (sulfide) groups is 1. The molecule has 4 aromatic heterocycles. The highest BCUT2D eigenvalue weighted by molar-refractivity contribution is 7.99. The zero-order valence-corrected chi connectivity index (χ0v) is 17.8. The van der Waals surface area contributed by atoms with E-state index in [1.165, 1.54) is 23.1 Å². The fourth-order valence-electron chi connectivity index (χ4n) is 2.89. The molecular formula is C18H19N5O2S3. The number of rotatable bonds is 7. The first-order valence-corrected chi connectivity index (χ1v) is 11.6. The van der Waals surface area contributed by atoms with Crippen LogP contribution in [0.15, 0.2) is 37.6 Å². The lowest BCUT2D eigenvalue weighted by molar-refractivity contribution is 0.572. The Bertz CT molecular complexity index is 1200. The van der Waals surface area contributed by atoms with Gasteiger partial charge in [-0.15, -0.1) is 27.8 Å². The predicted molar refractivity (Wildman–Crippen MR) is 116 cm³/mol. The summed E-state index contributed by atoms with van der Waals surface area (Å²) in [6.45, 7) is 4.65. The first-order valence-electron chi connectivity index (χ1n) is 8.95. The predicted octanol–water partition coefficient (Wildman–Crippen LogP) is 4.25. The van der Waals surface area contributed by atoms with Crippen molar-refractivity contribution in [3.05, 3.63) is 49.6 Å². The maximum absolute atomic E-state index is 12.8. The summed E-state index contributed by atoms with van der Waals surface area (Å²) in [6.07, 6.45) is 1.90. The van der Waals surface area contributed by atoms with E-state index in [1.807, 2.05) is 29.8 Å². The van der Waals surface area contributed by atoms with Crippen LogP contribution in [0.25, 0.3) is 20.7 Å². The fraction of sp³-hybridized carbons (Fsp3) is 0.333. The van der Waals surface area contributed by atoms with Gasteiger partial charge in [0.15, 0.2) is 5.16 Å². The molecule has 0 bridgehead atoms. The number of fused-ring (bicyclic) bond motifs is 1. The summed E-state index contributed by atoms with van der Waals surface area (Å²) in [5.74, 6) is 0.583. The van der Waals surface area contributed by atoms with Gasteiger partial charge < -0.3 is 4.98 Å². The van der Waals surface area contributed by atoms with Crippen LogP contribution in [-0.4, -0.2) is 24.7 Å². The highest BCUT2D eigenvalue weighted by Gasteiger charge is 2.19. The first kappa shape index (κ1) is 19.2. The van der Waals surface area contributed by atoms with Crippen LogP contribution in [0.1, 0.15) is 37.8 Å². The van der Waals surface area contributed by atoms with Crippen LogP contribution in [0.5, 0.6) is 0 Å². The molecule has 4 heterocycles. The van der Waals surface area contributed by atoms with Crippen LogP contribution in [-0.2, 0) is 6.54 Å². The highest BCUT2D eigenvalue weighted by Crippen LogP contribution is 2.35. The van der Waals surface area contributed by atoms with Gasteiger partial charge in [-0.25, -0.2) is 14.9 Å². The monoisotopic (exact) mass is 433 g/mol. The molecule has 0 aromatic carbocycles. The molecule has 4 aromatic rings. The van der Waals surface area contributed by atoms with Crippen molar-refractivity contribution < 1.29 is 0 Å². The van der Waals surface area contributed by atoms with E-state index in [-0.39, 0.29) is 16.5 Å². The molecule has 0 aliphatic carbocycles. The lowest BCUT2D eigenvalue weighted by Gasteiger charge is -2.11. The van der Waals surface area contributed by atoms with Gasteiger partial charge in [0.05, 0.1) is 10.6 Å². The molecule has 0 aliphatic rings. The van der Waals surface area contributed by atoms with Crippen LogP contribution in [0.2, 0.25) is 0 Å². The van der Waals surface area contributed by atoms with Gasteiger partial charge in [0.2, 0.25) is 0 Å². The summed E-state index contributed by atoms with van der Waals surface area (Å²) in [5, 5.41) is 11.7. The molecule has 146 valence electrons. The summed E-state index contributed by atoms with van der Waals surface area (Å²) >= 11 is 4.49. The lowest BCUT2D eigenvalue weighted by atomic mass is 10.2. The third-order valence-corrected chi connectivity index (χ3v) is 7.25. The largest absolute Gasteiger partial charge is 0.343 e. The number of aromatic nitrogens is 5. The van der Waals surface area contributed by atoms with Crippen LogP contribution in [0.3, 0.4) is 0 Å². The third kappa shape index (κ3) is 3.59. The third-order valence-electron chi connectivity index (χ3n) is 4.37. The Morgan fingerprint density at radius 1 is 1.32 bits per heavy atom. The highest BCUT2D eigenvalue weighted by atomic mass is 32.2. The van der Waals surface area contributed by atoms with Gasteiger partial charge in [-0.2, -0.15) is 0 Å². The van der Waals surface area contributed by atoms with Gasteiger partial charge in [-0.05, 0) is 24.8 Å². The molecule has 0 saturated heterocycles. The number of hydrogen-bond donors (Lipinski definition) is 2. The average Bonchev–Trinajstić information content (AvgIpc) is 3.40. The van der Waals surface area contributed by atoms with Crippen molar-refractivity contribution in [2.75, 3.05) is 0 Å². The van der Waals surface area contributed by atoms with Gasteiger partial charge >= 0.3 is 5.69 Å². The number of nitrogens with zero attached hydrogens (tertiary/aromatic N) is 3. The minimum absolute atomic E-state index is 0.137. The molecule has 1 unspecified atom stereocenters. The first-order chi connectivity index (χ1) is 13.6. The molecule has 7 nitrogen and oxygen atoms in total. The van der Waals surface area contributed by atoms with Crippen LogP contribution in [0, 0.1) is 0 Å². The van der Waals surface area contributed by atoms with E-state index >= 15 is 0 Å². The SMILES string of the molecule is CCCCn1c(SC(C)c2nc3scc(-c4cccs4)c3c(=O)[nH]2)n[nH]c1=O. The molecule has 0 radical (unpaired) electrons. The molecule has 0 saturated carbocycles. The molecular weight excluding hydrogens is 414 g/mol. The Balaban J connectivity index is 1.65. The van der Waals surface area contributed by atoms with Crippen molar-refractivity contribution in [3.8, 4) is 10.4 Å². The number of H-pyrrole nitrogens is 2. The molecule has 0 amide bonds. The summed E-state index contributed by atoms with van der Waals surface area (Å²) in [6, 6.07) is 3.98. The lowest BCUT2D eigenvalue weighted by Crippen LogP contribution is -2.18. The number of nitrogens with one attached hydrogen (secondary N) is 2. The average molecular weight is 434 g/mol. The summed E-state index contributed by atoms with van der Waals surface area (Å²) in [5.41, 5.74) is 0.581. The second-order valence-corrected chi connectivity index (χ2v) is 9.45. The van der Waals surface area contributed by atoms with Crippen molar-refractivity contribution in [2.24, 2.45) is 0 Å². The topological polar surface area (TPSA) is 96.4 Å². The second kappa shape index (κ2) is 8.06. The van der Waals surface area contributed by atoms with Crippen molar-refractivity contribution >= 4 is 44.7 Å². The van der Waals surface area contributed by atoms with Crippen molar-refractivity contribution in [3.63, 3.8) is 0 Å². The van der Waals surface area contributed by atoms with E-state index in [9.17, 15) is 9.59 Å². The van der Waals surface area contributed by atoms with E-state index in [0.717, 1.165) is 28.1 Å². The van der Waals surface area contributed by atoms with Gasteiger partial charge in [-0.1, -0.05) is 31.2 Å². The van der Waals surface area contributed by atoms with Crippen LogP contribution < -0.4 is 11.2 Å². The molecule has 1 atom stereocenters. The molecule has 10 heteroatoms. The number of thiophene rings is 2. The van der Waals surface area contributed by atoms with E-state index in [0.29, 0.717) is 22.9 Å². The summed E-state index contributed by atoms with van der Waals surface area (Å²) in [4.78, 5) is 34.1. The minimum atomic E-state index is -0.209. The van der Waals surface area contributed by atoms with Gasteiger partial charge in [0.1, 0.15) is 10.7 Å². The quantitative estimate of drug-likeness (QED) is 0.425. The van der Waals surface area contributed by atoms with Crippen LogP contribution >= 0.6 is 34.4 Å². The zero-order chi connectivity index (χ0) is 19.7. The number of unbranched alkanes of at least 4 members (excludes halogenated alkanes) is 1.